The number of hydrogen-bond acceptors (Lipinski definition) is 7. The molecule has 4 N–H and O–H groups in total. The lowest BCUT2D eigenvalue weighted by molar-refractivity contribution is 0.0342. The first-order valence-electron chi connectivity index (χ1n) is 10.4. The lowest BCUT2D eigenvalue weighted by Crippen LogP contribution is -2.53. The lowest BCUT2D eigenvalue weighted by Gasteiger charge is -2.35. The number of imidazole rings is 1. The van der Waals surface area contributed by atoms with E-state index in [0.29, 0.717) is 43.5 Å². The minimum absolute atomic E-state index is 0.535. The van der Waals surface area contributed by atoms with Crippen LogP contribution in [0.1, 0.15) is 5.56 Å². The van der Waals surface area contributed by atoms with Crippen molar-refractivity contribution in [3.8, 4) is 11.5 Å². The molecule has 2 fully saturated rings. The molecule has 11 heteroatoms. The third kappa shape index (κ3) is 4.12. The predicted molar refractivity (Wildman–Crippen MR) is 114 cm³/mol. The van der Waals surface area contributed by atoms with Gasteiger partial charge < -0.3 is 20.2 Å². The van der Waals surface area contributed by atoms with E-state index in [-0.39, 0.29) is 0 Å². The molecule has 0 spiro atoms. The van der Waals surface area contributed by atoms with Crippen molar-refractivity contribution in [3.63, 3.8) is 0 Å². The minimum atomic E-state index is -0.576. The Labute approximate surface area is 179 Å². The van der Waals surface area contributed by atoms with E-state index in [9.17, 15) is 4.79 Å². The SMILES string of the molecule is NC(=O)N(c1cn[nH]c1-c1nc2ccc(CN3CCOCC3)cc2[nH]1)N1CCOCC1. The van der Waals surface area contributed by atoms with Crippen LogP contribution in [0.3, 0.4) is 0 Å². The molecule has 0 atom stereocenters. The highest BCUT2D eigenvalue weighted by atomic mass is 16.5. The molecule has 0 aliphatic carbocycles. The summed E-state index contributed by atoms with van der Waals surface area (Å²) in [7, 11) is 0. The number of urea groups is 1. The molecule has 3 aromatic rings. The number of H-pyrrole nitrogens is 2. The summed E-state index contributed by atoms with van der Waals surface area (Å²) in [4.78, 5) is 22.7. The smallest absolute Gasteiger partial charge is 0.334 e. The Morgan fingerprint density at radius 2 is 1.87 bits per heavy atom. The maximum Gasteiger partial charge on any atom is 0.334 e. The Morgan fingerprint density at radius 3 is 2.61 bits per heavy atom. The van der Waals surface area contributed by atoms with E-state index in [0.717, 1.165) is 43.9 Å². The number of fused-ring (bicyclic) bond motifs is 1. The van der Waals surface area contributed by atoms with Gasteiger partial charge in [-0.2, -0.15) is 5.10 Å². The number of rotatable bonds is 5. The van der Waals surface area contributed by atoms with Gasteiger partial charge in [-0.05, 0) is 17.7 Å². The number of nitrogens with two attached hydrogens (primary N) is 1. The van der Waals surface area contributed by atoms with E-state index < -0.39 is 6.03 Å². The summed E-state index contributed by atoms with van der Waals surface area (Å²) in [6, 6.07) is 5.65. The molecule has 2 aromatic heterocycles. The number of hydrogen-bond donors (Lipinski definition) is 3. The number of nitrogens with one attached hydrogen (secondary N) is 2. The van der Waals surface area contributed by atoms with Crippen LogP contribution in [0.25, 0.3) is 22.6 Å². The van der Waals surface area contributed by atoms with E-state index in [1.807, 2.05) is 11.1 Å². The Kier molecular flexibility index (Phi) is 5.55. The molecule has 2 aliphatic heterocycles. The second-order valence-corrected chi connectivity index (χ2v) is 7.67. The van der Waals surface area contributed by atoms with Crippen molar-refractivity contribution in [2.75, 3.05) is 57.6 Å². The summed E-state index contributed by atoms with van der Waals surface area (Å²) in [5.41, 5.74) is 9.86. The van der Waals surface area contributed by atoms with Crippen LogP contribution in [0, 0.1) is 0 Å². The third-order valence-electron chi connectivity index (χ3n) is 5.62. The van der Waals surface area contributed by atoms with E-state index in [4.69, 9.17) is 20.2 Å². The summed E-state index contributed by atoms with van der Waals surface area (Å²) in [5.74, 6) is 0.602. The fraction of sp³-hybridized carbons (Fsp3) is 0.450. The maximum absolute atomic E-state index is 12.3. The molecule has 11 nitrogen and oxygen atoms in total. The highest BCUT2D eigenvalue weighted by Crippen LogP contribution is 2.30. The van der Waals surface area contributed by atoms with Crippen LogP contribution in [0.5, 0.6) is 0 Å². The molecule has 0 saturated carbocycles. The Morgan fingerprint density at radius 1 is 1.13 bits per heavy atom. The van der Waals surface area contributed by atoms with Gasteiger partial charge in [0.1, 0.15) is 11.4 Å². The minimum Gasteiger partial charge on any atom is -0.379 e. The van der Waals surface area contributed by atoms with Gasteiger partial charge in [0, 0.05) is 32.7 Å². The molecule has 164 valence electrons. The second kappa shape index (κ2) is 8.63. The zero-order valence-electron chi connectivity index (χ0n) is 17.2. The Bertz CT molecular complexity index is 1050. The van der Waals surface area contributed by atoms with E-state index in [2.05, 4.69) is 32.2 Å². The Balaban J connectivity index is 1.43. The number of anilines is 1. The number of aromatic amines is 2. The number of aromatic nitrogens is 4. The van der Waals surface area contributed by atoms with Crippen LogP contribution in [0.15, 0.2) is 24.4 Å². The first kappa shape index (κ1) is 19.9. The van der Waals surface area contributed by atoms with Crippen molar-refractivity contribution in [2.45, 2.75) is 6.54 Å². The topological polar surface area (TPSA) is 129 Å². The number of primary amides is 1. The van der Waals surface area contributed by atoms with Gasteiger partial charge in [0.05, 0.1) is 43.7 Å². The van der Waals surface area contributed by atoms with Crippen LogP contribution in [0.2, 0.25) is 0 Å². The van der Waals surface area contributed by atoms with Crippen molar-refractivity contribution >= 4 is 22.8 Å². The van der Waals surface area contributed by atoms with Gasteiger partial charge in [-0.1, -0.05) is 6.07 Å². The Hall–Kier alpha value is -2.99. The lowest BCUT2D eigenvalue weighted by atomic mass is 10.2. The zero-order valence-corrected chi connectivity index (χ0v) is 17.2. The number of carbonyl (C=O) groups excluding carboxylic acids is 1. The van der Waals surface area contributed by atoms with Crippen LogP contribution in [-0.2, 0) is 16.0 Å². The van der Waals surface area contributed by atoms with Gasteiger partial charge >= 0.3 is 6.03 Å². The first-order valence-corrected chi connectivity index (χ1v) is 10.4. The number of morpholine rings is 2. The predicted octanol–water partition coefficient (Wildman–Crippen LogP) is 0.918. The second-order valence-electron chi connectivity index (χ2n) is 7.67. The van der Waals surface area contributed by atoms with Crippen molar-refractivity contribution in [1.82, 2.24) is 30.1 Å². The van der Waals surface area contributed by atoms with E-state index >= 15 is 0 Å². The summed E-state index contributed by atoms with van der Waals surface area (Å²) in [6.07, 6.45) is 1.59. The number of hydrazine groups is 1. The monoisotopic (exact) mass is 426 g/mol. The van der Waals surface area contributed by atoms with Crippen LogP contribution < -0.4 is 10.7 Å². The zero-order chi connectivity index (χ0) is 21.2. The normalized spacial score (nSPS) is 18.5. The van der Waals surface area contributed by atoms with Crippen LogP contribution in [0.4, 0.5) is 10.5 Å². The number of carbonyl (C=O) groups is 1. The summed E-state index contributed by atoms with van der Waals surface area (Å²) in [5, 5.41) is 10.4. The number of benzene rings is 1. The van der Waals surface area contributed by atoms with Crippen molar-refractivity contribution in [1.29, 1.82) is 0 Å². The van der Waals surface area contributed by atoms with Gasteiger partial charge in [0.15, 0.2) is 5.82 Å². The summed E-state index contributed by atoms with van der Waals surface area (Å²) >= 11 is 0. The average Bonchev–Trinajstić information content (AvgIpc) is 3.42. The van der Waals surface area contributed by atoms with E-state index in [1.54, 1.807) is 6.20 Å². The van der Waals surface area contributed by atoms with Gasteiger partial charge in [-0.15, -0.1) is 0 Å². The molecule has 2 saturated heterocycles. The molecular weight excluding hydrogens is 400 g/mol. The molecule has 4 heterocycles. The third-order valence-corrected chi connectivity index (χ3v) is 5.62. The molecule has 5 rings (SSSR count). The van der Waals surface area contributed by atoms with Crippen molar-refractivity contribution in [2.24, 2.45) is 5.73 Å². The average molecular weight is 426 g/mol. The molecule has 0 radical (unpaired) electrons. The number of amides is 2. The number of ether oxygens (including phenoxy) is 2. The van der Waals surface area contributed by atoms with Crippen molar-refractivity contribution < 1.29 is 14.3 Å². The fourth-order valence-corrected chi connectivity index (χ4v) is 4.07. The fourth-order valence-electron chi connectivity index (χ4n) is 4.07. The van der Waals surface area contributed by atoms with Gasteiger partial charge in [-0.3, -0.25) is 10.00 Å². The standard InChI is InChI=1S/C20H26N8O3/c21-20(29)28(27-5-9-31-10-6-27)17-12-22-25-18(17)19-23-15-2-1-14(11-16(15)24-19)13-26-3-7-30-8-4-26/h1-2,11-12H,3-10,13H2,(H2,21,29)(H,22,25)(H,23,24). The number of nitrogens with zero attached hydrogens (tertiary/aromatic N) is 5. The van der Waals surface area contributed by atoms with E-state index in [1.165, 1.54) is 10.6 Å². The quantitative estimate of drug-likeness (QED) is 0.553. The maximum atomic E-state index is 12.3. The molecule has 0 unspecified atom stereocenters. The summed E-state index contributed by atoms with van der Waals surface area (Å²) in [6.45, 7) is 6.51. The first-order chi connectivity index (χ1) is 15.2. The largest absolute Gasteiger partial charge is 0.379 e. The molecule has 1 aromatic carbocycles. The van der Waals surface area contributed by atoms with Crippen LogP contribution in [-0.4, -0.2) is 88.7 Å². The molecule has 0 bridgehead atoms. The molecule has 31 heavy (non-hydrogen) atoms. The van der Waals surface area contributed by atoms with Crippen LogP contribution >= 0.6 is 0 Å². The van der Waals surface area contributed by atoms with Gasteiger partial charge in [0.25, 0.3) is 0 Å². The highest BCUT2D eigenvalue weighted by Gasteiger charge is 2.28. The van der Waals surface area contributed by atoms with Gasteiger partial charge in [0.2, 0.25) is 0 Å². The highest BCUT2D eigenvalue weighted by molar-refractivity contribution is 5.94. The molecule has 2 aliphatic rings. The molecular formula is C20H26N8O3. The van der Waals surface area contributed by atoms with Crippen molar-refractivity contribution in [3.05, 3.63) is 30.0 Å². The molecule has 2 amide bonds. The summed E-state index contributed by atoms with van der Waals surface area (Å²) < 4.78 is 10.8. The van der Waals surface area contributed by atoms with Gasteiger partial charge in [-0.25, -0.2) is 19.8 Å².